The van der Waals surface area contributed by atoms with Gasteiger partial charge in [0, 0.05) is 23.3 Å². The standard InChI is InChI=1S/C13H11N5O3/c1-7-11(8-3-2-4-9(5-8)18(20)21)10(6-14)13(19)17(16)12(7)15/h2-5H,15-16H2,1H3. The molecule has 0 aliphatic rings. The fourth-order valence-corrected chi connectivity index (χ4v) is 2.07. The summed E-state index contributed by atoms with van der Waals surface area (Å²) >= 11 is 0. The van der Waals surface area contributed by atoms with Gasteiger partial charge in [-0.05, 0) is 12.5 Å². The molecular formula is C13H11N5O3. The smallest absolute Gasteiger partial charge is 0.289 e. The maximum Gasteiger partial charge on any atom is 0.289 e. The third-order valence-corrected chi connectivity index (χ3v) is 3.16. The van der Waals surface area contributed by atoms with Gasteiger partial charge in [0.2, 0.25) is 0 Å². The van der Waals surface area contributed by atoms with Gasteiger partial charge in [-0.2, -0.15) is 5.26 Å². The maximum absolute atomic E-state index is 12.0. The van der Waals surface area contributed by atoms with E-state index in [9.17, 15) is 20.2 Å². The van der Waals surface area contributed by atoms with Crippen molar-refractivity contribution >= 4 is 11.5 Å². The Labute approximate surface area is 119 Å². The van der Waals surface area contributed by atoms with E-state index in [4.69, 9.17) is 11.6 Å². The second-order valence-corrected chi connectivity index (χ2v) is 4.35. The van der Waals surface area contributed by atoms with Gasteiger partial charge < -0.3 is 11.6 Å². The quantitative estimate of drug-likeness (QED) is 0.477. The van der Waals surface area contributed by atoms with E-state index < -0.39 is 10.5 Å². The summed E-state index contributed by atoms with van der Waals surface area (Å²) in [5.74, 6) is 5.50. The van der Waals surface area contributed by atoms with E-state index in [2.05, 4.69) is 0 Å². The van der Waals surface area contributed by atoms with Crippen molar-refractivity contribution in [1.82, 2.24) is 4.68 Å². The number of hydrogen-bond donors (Lipinski definition) is 2. The lowest BCUT2D eigenvalue weighted by atomic mass is 9.96. The Bertz CT molecular complexity index is 848. The number of hydrogen-bond acceptors (Lipinski definition) is 6. The van der Waals surface area contributed by atoms with Crippen LogP contribution in [-0.2, 0) is 0 Å². The van der Waals surface area contributed by atoms with Crippen LogP contribution in [-0.4, -0.2) is 9.60 Å². The topological polar surface area (TPSA) is 141 Å². The average molecular weight is 285 g/mol. The second kappa shape index (κ2) is 4.97. The Balaban J connectivity index is 2.88. The van der Waals surface area contributed by atoms with Gasteiger partial charge in [0.25, 0.3) is 11.2 Å². The van der Waals surface area contributed by atoms with Crippen LogP contribution in [0.25, 0.3) is 11.1 Å². The fourth-order valence-electron chi connectivity index (χ4n) is 2.07. The number of anilines is 1. The van der Waals surface area contributed by atoms with Crippen LogP contribution in [0, 0.1) is 28.4 Å². The Morgan fingerprint density at radius 1 is 1.43 bits per heavy atom. The van der Waals surface area contributed by atoms with Crippen LogP contribution < -0.4 is 17.1 Å². The molecule has 0 fully saturated rings. The molecule has 0 radical (unpaired) electrons. The van der Waals surface area contributed by atoms with Crippen molar-refractivity contribution in [3.63, 3.8) is 0 Å². The molecule has 1 aromatic carbocycles. The third-order valence-electron chi connectivity index (χ3n) is 3.16. The van der Waals surface area contributed by atoms with Crippen molar-refractivity contribution in [2.24, 2.45) is 0 Å². The van der Waals surface area contributed by atoms with Gasteiger partial charge in [-0.25, -0.2) is 4.68 Å². The predicted molar refractivity (Wildman–Crippen MR) is 76.8 cm³/mol. The van der Waals surface area contributed by atoms with Crippen LogP contribution >= 0.6 is 0 Å². The number of nitro benzene ring substituents is 1. The number of nitriles is 1. The van der Waals surface area contributed by atoms with Crippen molar-refractivity contribution in [3.05, 3.63) is 55.9 Å². The van der Waals surface area contributed by atoms with Crippen molar-refractivity contribution in [3.8, 4) is 17.2 Å². The van der Waals surface area contributed by atoms with Crippen molar-refractivity contribution in [2.75, 3.05) is 11.6 Å². The highest BCUT2D eigenvalue weighted by Crippen LogP contribution is 2.30. The van der Waals surface area contributed by atoms with Gasteiger partial charge in [-0.3, -0.25) is 14.9 Å². The van der Waals surface area contributed by atoms with Crippen LogP contribution in [0.4, 0.5) is 11.5 Å². The van der Waals surface area contributed by atoms with Crippen LogP contribution in [0.2, 0.25) is 0 Å². The summed E-state index contributed by atoms with van der Waals surface area (Å²) in [4.78, 5) is 22.3. The van der Waals surface area contributed by atoms with Crippen LogP contribution in [0.3, 0.4) is 0 Å². The van der Waals surface area contributed by atoms with Crippen LogP contribution in [0.15, 0.2) is 29.1 Å². The Morgan fingerprint density at radius 2 is 2.10 bits per heavy atom. The first kappa shape index (κ1) is 14.1. The Morgan fingerprint density at radius 3 is 2.67 bits per heavy atom. The molecule has 8 nitrogen and oxygen atoms in total. The molecule has 0 saturated carbocycles. The molecule has 1 aromatic heterocycles. The highest BCUT2D eigenvalue weighted by atomic mass is 16.6. The van der Waals surface area contributed by atoms with E-state index in [0.29, 0.717) is 15.8 Å². The van der Waals surface area contributed by atoms with E-state index in [1.807, 2.05) is 0 Å². The molecule has 0 spiro atoms. The van der Waals surface area contributed by atoms with E-state index >= 15 is 0 Å². The zero-order valence-electron chi connectivity index (χ0n) is 11.0. The lowest BCUT2D eigenvalue weighted by Gasteiger charge is -2.13. The van der Waals surface area contributed by atoms with E-state index in [0.717, 1.165) is 0 Å². The molecule has 0 aliphatic carbocycles. The Hall–Kier alpha value is -3.34. The van der Waals surface area contributed by atoms with Crippen LogP contribution in [0.5, 0.6) is 0 Å². The number of nitro groups is 1. The normalized spacial score (nSPS) is 10.1. The molecule has 2 aromatic rings. The zero-order chi connectivity index (χ0) is 15.7. The molecule has 0 amide bonds. The van der Waals surface area contributed by atoms with Gasteiger partial charge in [-0.15, -0.1) is 0 Å². The number of non-ortho nitro benzene ring substituents is 1. The summed E-state index contributed by atoms with van der Waals surface area (Å²) in [5.41, 5.74) is 5.67. The number of benzene rings is 1. The second-order valence-electron chi connectivity index (χ2n) is 4.35. The van der Waals surface area contributed by atoms with Gasteiger partial charge >= 0.3 is 0 Å². The van der Waals surface area contributed by atoms with Crippen molar-refractivity contribution in [2.45, 2.75) is 6.92 Å². The summed E-state index contributed by atoms with van der Waals surface area (Å²) in [5, 5.41) is 20.0. The molecule has 8 heteroatoms. The van der Waals surface area contributed by atoms with Crippen LogP contribution in [0.1, 0.15) is 11.1 Å². The lowest BCUT2D eigenvalue weighted by Crippen LogP contribution is -2.32. The minimum Gasteiger partial charge on any atom is -0.383 e. The number of rotatable bonds is 2. The van der Waals surface area contributed by atoms with E-state index in [1.165, 1.54) is 18.2 Å². The minimum absolute atomic E-state index is 0.000469. The van der Waals surface area contributed by atoms with Gasteiger partial charge in [-0.1, -0.05) is 12.1 Å². The summed E-state index contributed by atoms with van der Waals surface area (Å²) in [6, 6.07) is 7.42. The third kappa shape index (κ3) is 2.17. The predicted octanol–water partition coefficient (Wildman–Crippen LogP) is 0.900. The summed E-state index contributed by atoms with van der Waals surface area (Å²) in [7, 11) is 0. The maximum atomic E-state index is 12.0. The molecule has 2 rings (SSSR count). The highest BCUT2D eigenvalue weighted by molar-refractivity contribution is 5.78. The molecular weight excluding hydrogens is 274 g/mol. The van der Waals surface area contributed by atoms with E-state index in [1.54, 1.807) is 19.1 Å². The molecule has 1 heterocycles. The lowest BCUT2D eigenvalue weighted by molar-refractivity contribution is -0.384. The Kier molecular flexibility index (Phi) is 3.33. The molecule has 4 N–H and O–H groups in total. The van der Waals surface area contributed by atoms with Gasteiger partial charge in [0.15, 0.2) is 0 Å². The first-order chi connectivity index (χ1) is 9.88. The summed E-state index contributed by atoms with van der Waals surface area (Å²) in [6.45, 7) is 1.59. The minimum atomic E-state index is -0.748. The van der Waals surface area contributed by atoms with Gasteiger partial charge in [0.1, 0.15) is 17.5 Å². The molecule has 0 saturated heterocycles. The number of nitrogens with zero attached hydrogens (tertiary/aromatic N) is 3. The van der Waals surface area contributed by atoms with Crippen molar-refractivity contribution < 1.29 is 4.92 Å². The molecule has 0 aliphatic heterocycles. The molecule has 0 unspecified atom stereocenters. The number of aromatic nitrogens is 1. The molecule has 0 bridgehead atoms. The number of pyridine rings is 1. The fraction of sp³-hybridized carbons (Fsp3) is 0.0769. The monoisotopic (exact) mass is 285 g/mol. The SMILES string of the molecule is Cc1c(-c2cccc([N+](=O)[O-])c2)c(C#N)c(=O)n(N)c1N. The molecule has 21 heavy (non-hydrogen) atoms. The van der Waals surface area contributed by atoms with E-state index in [-0.39, 0.29) is 22.6 Å². The van der Waals surface area contributed by atoms with Crippen molar-refractivity contribution in [1.29, 1.82) is 5.26 Å². The number of nitrogen functional groups attached to an aromatic ring is 2. The molecule has 106 valence electrons. The summed E-state index contributed by atoms with van der Waals surface area (Å²) in [6.07, 6.45) is 0. The summed E-state index contributed by atoms with van der Waals surface area (Å²) < 4.78 is 0.689. The largest absolute Gasteiger partial charge is 0.383 e. The first-order valence-corrected chi connectivity index (χ1v) is 5.83. The first-order valence-electron chi connectivity index (χ1n) is 5.83. The van der Waals surface area contributed by atoms with Gasteiger partial charge in [0.05, 0.1) is 4.92 Å². The zero-order valence-corrected chi connectivity index (χ0v) is 11.0. The highest BCUT2D eigenvalue weighted by Gasteiger charge is 2.19. The average Bonchev–Trinajstić information content (AvgIpc) is 2.48. The molecule has 0 atom stereocenters. The number of nitrogens with two attached hydrogens (primary N) is 2.